The zero-order valence-corrected chi connectivity index (χ0v) is 43.5. The Hall–Kier alpha value is -7.00. The topological polar surface area (TPSA) is 241 Å². The Bertz CT molecular complexity index is 2780. The molecule has 0 radical (unpaired) electrons. The first kappa shape index (κ1) is 55.3. The summed E-state index contributed by atoms with van der Waals surface area (Å²) >= 11 is 0. The van der Waals surface area contributed by atoms with Crippen LogP contribution in [0, 0.1) is 10.8 Å². The summed E-state index contributed by atoms with van der Waals surface area (Å²) in [7, 11) is -3.63. The molecule has 3 aliphatic heterocycles. The highest BCUT2D eigenvalue weighted by molar-refractivity contribution is 7.86. The molecule has 390 valence electrons. The van der Waals surface area contributed by atoms with Crippen LogP contribution in [0.25, 0.3) is 0 Å². The van der Waals surface area contributed by atoms with Gasteiger partial charge in [0.1, 0.15) is 30.5 Å². The smallest absolute Gasteiger partial charge is 0.414 e. The van der Waals surface area contributed by atoms with E-state index in [0.717, 1.165) is 43.6 Å². The van der Waals surface area contributed by atoms with E-state index in [9.17, 15) is 32.4 Å². The number of carbonyl (C=O) groups is 5. The lowest BCUT2D eigenvalue weighted by atomic mass is 9.86. The number of rotatable bonds is 14. The van der Waals surface area contributed by atoms with E-state index in [-0.39, 0.29) is 59.5 Å². The van der Waals surface area contributed by atoms with Gasteiger partial charge in [0, 0.05) is 66.4 Å². The largest absolute Gasteiger partial charge is 0.465 e. The molecule has 4 aromatic carbocycles. The van der Waals surface area contributed by atoms with Crippen molar-refractivity contribution in [1.82, 2.24) is 20.4 Å². The molecular formula is C53H66N8O11S. The second-order valence-electron chi connectivity index (χ2n) is 20.0. The van der Waals surface area contributed by atoms with Crippen molar-refractivity contribution in [2.24, 2.45) is 0 Å². The first-order valence-corrected chi connectivity index (χ1v) is 25.8. The van der Waals surface area contributed by atoms with Crippen molar-refractivity contribution in [2.75, 3.05) is 81.6 Å². The van der Waals surface area contributed by atoms with Crippen LogP contribution in [0.1, 0.15) is 91.4 Å². The molecule has 0 spiro atoms. The van der Waals surface area contributed by atoms with Crippen LogP contribution < -0.4 is 20.4 Å². The van der Waals surface area contributed by atoms with Gasteiger partial charge in [0.05, 0.1) is 32.5 Å². The highest BCUT2D eigenvalue weighted by atomic mass is 32.2. The van der Waals surface area contributed by atoms with E-state index in [1.807, 2.05) is 36.4 Å². The van der Waals surface area contributed by atoms with E-state index in [0.29, 0.717) is 59.9 Å². The fraction of sp³-hybridized carbons (Fsp3) is 0.415. The Kier molecular flexibility index (Phi) is 18.0. The number of hydrogen-bond acceptors (Lipinski definition) is 15. The lowest BCUT2D eigenvalue weighted by Crippen LogP contribution is -2.50. The summed E-state index contributed by atoms with van der Waals surface area (Å²) in [5.74, 6) is -1.01. The Morgan fingerprint density at radius 1 is 0.644 bits per heavy atom. The third kappa shape index (κ3) is 15.7. The third-order valence-corrected chi connectivity index (χ3v) is 12.8. The van der Waals surface area contributed by atoms with Crippen LogP contribution in [0.5, 0.6) is 0 Å². The van der Waals surface area contributed by atoms with Crippen LogP contribution in [0.4, 0.5) is 21.0 Å². The average molecular weight is 1020 g/mol. The van der Waals surface area contributed by atoms with Gasteiger partial charge < -0.3 is 24.8 Å². The first-order valence-electron chi connectivity index (χ1n) is 24.0. The molecule has 0 saturated carbocycles. The molecule has 7 rings (SSSR count). The maximum atomic E-state index is 12.8. The fourth-order valence-electron chi connectivity index (χ4n) is 8.04. The molecule has 19 nitrogen and oxygen atoms in total. The minimum absolute atomic E-state index is 0.0123. The molecule has 4 N–H and O–H groups in total. The van der Waals surface area contributed by atoms with Gasteiger partial charge in [-0.1, -0.05) is 65.8 Å². The SMILES string of the molecule is CC(C)(C)c1cccc(C(=O)NC(=N)c2ccc(N3CC(COS(C)(=O)=O)OC3=O)cc2)c1.CCOC(=O)CN1CCN(CC2CN(c3ccc(C(=N)NC(=O)c4cccc(C(C)(C)C)c4)cc3)C(=O)O2)CC1. The lowest BCUT2D eigenvalue weighted by molar-refractivity contribution is -0.144. The predicted molar refractivity (Wildman–Crippen MR) is 277 cm³/mol. The summed E-state index contributed by atoms with van der Waals surface area (Å²) in [6.07, 6.45) is -1.07. The summed E-state index contributed by atoms with van der Waals surface area (Å²) in [5.41, 5.74) is 5.02. The van der Waals surface area contributed by atoms with Gasteiger partial charge in [0.2, 0.25) is 0 Å². The summed E-state index contributed by atoms with van der Waals surface area (Å²) in [5, 5.41) is 21.9. The van der Waals surface area contributed by atoms with Crippen molar-refractivity contribution >= 4 is 63.1 Å². The molecule has 0 aromatic heterocycles. The van der Waals surface area contributed by atoms with Crippen molar-refractivity contribution in [2.45, 2.75) is 71.5 Å². The number of benzene rings is 4. The average Bonchev–Trinajstić information content (AvgIpc) is 3.91. The number of carbonyl (C=O) groups excluding carboxylic acids is 5. The van der Waals surface area contributed by atoms with Gasteiger partial charge in [-0.3, -0.25) is 49.0 Å². The zero-order chi connectivity index (χ0) is 53.3. The molecule has 3 heterocycles. The second kappa shape index (κ2) is 23.7. The summed E-state index contributed by atoms with van der Waals surface area (Å²) in [4.78, 5) is 69.1. The molecule has 4 amide bonds. The van der Waals surface area contributed by atoms with Crippen molar-refractivity contribution in [3.05, 3.63) is 130 Å². The Morgan fingerprint density at radius 2 is 1.07 bits per heavy atom. The fourth-order valence-corrected chi connectivity index (χ4v) is 8.44. The molecule has 73 heavy (non-hydrogen) atoms. The van der Waals surface area contributed by atoms with E-state index in [1.54, 1.807) is 72.5 Å². The number of esters is 1. The number of hydrogen-bond donors (Lipinski definition) is 4. The molecule has 2 unspecified atom stereocenters. The Balaban J connectivity index is 0.000000243. The van der Waals surface area contributed by atoms with Gasteiger partial charge in [-0.15, -0.1) is 0 Å². The number of amidine groups is 2. The number of cyclic esters (lactones) is 2. The maximum Gasteiger partial charge on any atom is 0.414 e. The van der Waals surface area contributed by atoms with Crippen LogP contribution in [-0.4, -0.2) is 144 Å². The van der Waals surface area contributed by atoms with E-state index in [4.69, 9.17) is 29.2 Å². The normalized spacial score (nSPS) is 17.5. The Labute approximate surface area is 427 Å². The highest BCUT2D eigenvalue weighted by Gasteiger charge is 2.35. The summed E-state index contributed by atoms with van der Waals surface area (Å²) in [6.45, 7) is 19.0. The number of ether oxygens (including phenoxy) is 3. The van der Waals surface area contributed by atoms with Gasteiger partial charge in [-0.25, -0.2) is 9.59 Å². The summed E-state index contributed by atoms with van der Waals surface area (Å²) < 4.78 is 42.7. The number of nitrogens with one attached hydrogen (secondary N) is 4. The standard InChI is InChI=1S/C30H39N5O5.C23H27N3O6S/c1-5-39-26(36)20-34-15-13-33(14-16-34)18-25-19-35(29(38)40-25)24-11-9-21(10-12-24)27(31)32-28(37)22-7-6-8-23(17-22)30(2,3)4;1-23(2,3)17-7-5-6-16(12-17)21(27)25-20(24)15-8-10-18(11-9-15)26-13-19(32-22(26)28)14-31-33(4,29)30/h6-12,17,25H,5,13-16,18-20H2,1-4H3,(H2,31,32,37);5-12,19H,13-14H2,1-4H3,(H2,24,25,27). The molecule has 3 saturated heterocycles. The Morgan fingerprint density at radius 3 is 1.49 bits per heavy atom. The molecular weight excluding hydrogens is 957 g/mol. The third-order valence-electron chi connectivity index (χ3n) is 12.2. The number of amides is 4. The van der Waals surface area contributed by atoms with E-state index < -0.39 is 28.4 Å². The van der Waals surface area contributed by atoms with Crippen molar-refractivity contribution in [3.8, 4) is 0 Å². The minimum Gasteiger partial charge on any atom is -0.465 e. The van der Waals surface area contributed by atoms with Gasteiger partial charge in [-0.05, 0) is 102 Å². The van der Waals surface area contributed by atoms with E-state index >= 15 is 0 Å². The summed E-state index contributed by atoms with van der Waals surface area (Å²) in [6, 6.07) is 28.1. The van der Waals surface area contributed by atoms with Gasteiger partial charge in [0.25, 0.3) is 21.9 Å². The van der Waals surface area contributed by atoms with Crippen molar-refractivity contribution < 1.29 is 50.8 Å². The molecule has 4 aromatic rings. The van der Waals surface area contributed by atoms with Crippen LogP contribution in [0.3, 0.4) is 0 Å². The van der Waals surface area contributed by atoms with Crippen molar-refractivity contribution in [1.29, 1.82) is 10.8 Å². The number of piperazine rings is 1. The maximum absolute atomic E-state index is 12.8. The molecule has 3 fully saturated rings. The first-order chi connectivity index (χ1) is 34.4. The molecule has 0 aliphatic carbocycles. The number of nitrogens with zero attached hydrogens (tertiary/aromatic N) is 4. The predicted octanol–water partition coefficient (Wildman–Crippen LogP) is 6.29. The molecule has 3 aliphatic rings. The van der Waals surface area contributed by atoms with Gasteiger partial charge in [0.15, 0.2) is 0 Å². The molecule has 0 bridgehead atoms. The monoisotopic (exact) mass is 1020 g/mol. The van der Waals surface area contributed by atoms with Gasteiger partial charge in [-0.2, -0.15) is 8.42 Å². The number of anilines is 2. The minimum atomic E-state index is -3.63. The lowest BCUT2D eigenvalue weighted by Gasteiger charge is -2.34. The van der Waals surface area contributed by atoms with Gasteiger partial charge >= 0.3 is 18.2 Å². The van der Waals surface area contributed by atoms with Crippen LogP contribution in [-0.2, 0) is 44.1 Å². The molecule has 20 heteroatoms. The second-order valence-corrected chi connectivity index (χ2v) is 21.7. The van der Waals surface area contributed by atoms with Crippen LogP contribution in [0.15, 0.2) is 97.1 Å². The highest BCUT2D eigenvalue weighted by Crippen LogP contribution is 2.27. The zero-order valence-electron chi connectivity index (χ0n) is 42.7. The van der Waals surface area contributed by atoms with E-state index in [2.05, 4.69) is 62.0 Å². The molecule has 2 atom stereocenters. The van der Waals surface area contributed by atoms with Crippen LogP contribution >= 0.6 is 0 Å². The van der Waals surface area contributed by atoms with E-state index in [1.165, 1.54) is 4.90 Å². The quantitative estimate of drug-likeness (QED) is 0.0358. The van der Waals surface area contributed by atoms with Crippen molar-refractivity contribution in [3.63, 3.8) is 0 Å². The van der Waals surface area contributed by atoms with Crippen LogP contribution in [0.2, 0.25) is 0 Å².